The van der Waals surface area contributed by atoms with Crippen LogP contribution in [0.2, 0.25) is 0 Å². The topological polar surface area (TPSA) is 18.5 Å². The standard InChI is InChI=1S/C42H37BO2/c1-41(2)42(3,4)45-43(44-41)37-28-38(34-18-12-7-13-19-34)40(36-26-22-33(23-27-36)31-16-10-6-11-17-31)39(29-37)35-24-20-32(21-25-35)30-14-8-5-9-15-30/h5-29H,1-4H3. The van der Waals surface area contributed by atoms with E-state index >= 15 is 0 Å². The Bertz CT molecular complexity index is 1900. The maximum Gasteiger partial charge on any atom is 0.494 e. The van der Waals surface area contributed by atoms with Gasteiger partial charge in [-0.05, 0) is 88.8 Å². The quantitative estimate of drug-likeness (QED) is 0.181. The van der Waals surface area contributed by atoms with E-state index in [0.29, 0.717) is 0 Å². The van der Waals surface area contributed by atoms with Crippen molar-refractivity contribution in [3.63, 3.8) is 0 Å². The second-order valence-corrected chi connectivity index (χ2v) is 12.8. The van der Waals surface area contributed by atoms with Gasteiger partial charge in [-0.1, -0.05) is 152 Å². The van der Waals surface area contributed by atoms with E-state index in [1.54, 1.807) is 0 Å². The van der Waals surface area contributed by atoms with Crippen LogP contribution < -0.4 is 5.46 Å². The van der Waals surface area contributed by atoms with E-state index in [1.165, 1.54) is 27.8 Å². The average molecular weight is 585 g/mol. The van der Waals surface area contributed by atoms with Gasteiger partial charge >= 0.3 is 7.12 Å². The molecule has 2 nitrogen and oxygen atoms in total. The van der Waals surface area contributed by atoms with Gasteiger partial charge < -0.3 is 9.31 Å². The van der Waals surface area contributed by atoms with Crippen LogP contribution in [-0.4, -0.2) is 18.3 Å². The van der Waals surface area contributed by atoms with Crippen molar-refractivity contribution in [3.8, 4) is 55.6 Å². The summed E-state index contributed by atoms with van der Waals surface area (Å²) in [5, 5.41) is 0. The van der Waals surface area contributed by atoms with E-state index in [2.05, 4.69) is 179 Å². The minimum absolute atomic E-state index is 0.436. The highest BCUT2D eigenvalue weighted by Crippen LogP contribution is 2.42. The largest absolute Gasteiger partial charge is 0.494 e. The van der Waals surface area contributed by atoms with Gasteiger partial charge in [0.15, 0.2) is 0 Å². The molecule has 0 unspecified atom stereocenters. The Morgan fingerprint density at radius 1 is 0.378 bits per heavy atom. The van der Waals surface area contributed by atoms with Crippen LogP contribution in [0, 0.1) is 0 Å². The summed E-state index contributed by atoms with van der Waals surface area (Å²) < 4.78 is 13.2. The zero-order valence-electron chi connectivity index (χ0n) is 26.3. The molecule has 0 spiro atoms. The average Bonchev–Trinajstić information content (AvgIpc) is 3.31. The predicted molar refractivity (Wildman–Crippen MR) is 189 cm³/mol. The molecule has 1 heterocycles. The molecule has 0 amide bonds. The molecule has 1 aliphatic heterocycles. The third-order valence-electron chi connectivity index (χ3n) is 9.35. The van der Waals surface area contributed by atoms with Gasteiger partial charge in [0.05, 0.1) is 11.2 Å². The van der Waals surface area contributed by atoms with Crippen LogP contribution in [-0.2, 0) is 9.31 Å². The molecule has 45 heavy (non-hydrogen) atoms. The molecule has 0 N–H and O–H groups in total. The normalized spacial score (nSPS) is 15.2. The first kappa shape index (κ1) is 29.0. The van der Waals surface area contributed by atoms with Gasteiger partial charge in [-0.3, -0.25) is 0 Å². The van der Waals surface area contributed by atoms with Gasteiger partial charge in [0.2, 0.25) is 0 Å². The highest BCUT2D eigenvalue weighted by Gasteiger charge is 2.52. The molecule has 0 atom stereocenters. The minimum atomic E-state index is -0.477. The Hall–Kier alpha value is -4.70. The molecule has 6 aromatic rings. The molecule has 0 radical (unpaired) electrons. The Kier molecular flexibility index (Phi) is 7.53. The number of hydrogen-bond acceptors (Lipinski definition) is 2. The zero-order valence-corrected chi connectivity index (χ0v) is 26.3. The Balaban J connectivity index is 1.43. The van der Waals surface area contributed by atoms with E-state index in [1.807, 2.05) is 0 Å². The fraction of sp³-hybridized carbons (Fsp3) is 0.143. The highest BCUT2D eigenvalue weighted by atomic mass is 16.7. The van der Waals surface area contributed by atoms with Gasteiger partial charge in [-0.2, -0.15) is 0 Å². The van der Waals surface area contributed by atoms with Gasteiger partial charge in [-0.25, -0.2) is 0 Å². The summed E-state index contributed by atoms with van der Waals surface area (Å²) in [6.07, 6.45) is 0. The molecule has 6 aromatic carbocycles. The third-order valence-corrected chi connectivity index (χ3v) is 9.35. The fourth-order valence-corrected chi connectivity index (χ4v) is 6.10. The maximum absolute atomic E-state index is 6.60. The van der Waals surface area contributed by atoms with Crippen LogP contribution in [0.1, 0.15) is 27.7 Å². The van der Waals surface area contributed by atoms with Crippen LogP contribution in [0.25, 0.3) is 55.6 Å². The Morgan fingerprint density at radius 3 is 1.11 bits per heavy atom. The molecule has 0 aliphatic carbocycles. The van der Waals surface area contributed by atoms with Crippen LogP contribution in [0.4, 0.5) is 0 Å². The highest BCUT2D eigenvalue weighted by molar-refractivity contribution is 6.62. The molecule has 1 saturated heterocycles. The van der Waals surface area contributed by atoms with E-state index < -0.39 is 18.3 Å². The van der Waals surface area contributed by atoms with Crippen molar-refractivity contribution in [1.82, 2.24) is 0 Å². The van der Waals surface area contributed by atoms with E-state index in [4.69, 9.17) is 9.31 Å². The number of benzene rings is 6. The van der Waals surface area contributed by atoms with Crippen LogP contribution in [0.5, 0.6) is 0 Å². The van der Waals surface area contributed by atoms with Gasteiger partial charge in [0.1, 0.15) is 0 Å². The maximum atomic E-state index is 6.60. The van der Waals surface area contributed by atoms with Crippen LogP contribution in [0.15, 0.2) is 152 Å². The second kappa shape index (κ2) is 11.7. The summed E-state index contributed by atoms with van der Waals surface area (Å²) in [6, 6.07) is 54.1. The van der Waals surface area contributed by atoms with Crippen molar-refractivity contribution in [2.24, 2.45) is 0 Å². The summed E-state index contributed by atoms with van der Waals surface area (Å²) in [4.78, 5) is 0. The summed E-state index contributed by atoms with van der Waals surface area (Å²) >= 11 is 0. The van der Waals surface area contributed by atoms with E-state index in [0.717, 1.165) is 33.3 Å². The first-order chi connectivity index (χ1) is 21.8. The van der Waals surface area contributed by atoms with Crippen molar-refractivity contribution in [2.45, 2.75) is 38.9 Å². The molecule has 220 valence electrons. The van der Waals surface area contributed by atoms with Crippen molar-refractivity contribution >= 4 is 12.6 Å². The second-order valence-electron chi connectivity index (χ2n) is 12.8. The van der Waals surface area contributed by atoms with E-state index in [-0.39, 0.29) is 0 Å². The minimum Gasteiger partial charge on any atom is -0.399 e. The van der Waals surface area contributed by atoms with Crippen LogP contribution >= 0.6 is 0 Å². The molecule has 0 saturated carbocycles. The Morgan fingerprint density at radius 2 is 0.689 bits per heavy atom. The predicted octanol–water partition coefficient (Wildman–Crippen LogP) is 10.3. The molecule has 7 rings (SSSR count). The van der Waals surface area contributed by atoms with Gasteiger partial charge in [0.25, 0.3) is 0 Å². The first-order valence-electron chi connectivity index (χ1n) is 15.7. The molecule has 0 aromatic heterocycles. The number of rotatable bonds is 6. The van der Waals surface area contributed by atoms with Crippen molar-refractivity contribution in [2.75, 3.05) is 0 Å². The van der Waals surface area contributed by atoms with Crippen molar-refractivity contribution in [3.05, 3.63) is 152 Å². The van der Waals surface area contributed by atoms with E-state index in [9.17, 15) is 0 Å². The van der Waals surface area contributed by atoms with Gasteiger partial charge in [0, 0.05) is 0 Å². The SMILES string of the molecule is CC1(C)OB(c2cc(-c3ccccc3)c(-c3ccc(-c4ccccc4)cc3)c(-c3ccc(-c4ccccc4)cc3)c2)OC1(C)C. The van der Waals surface area contributed by atoms with Crippen molar-refractivity contribution < 1.29 is 9.31 Å². The molecular formula is C42H37BO2. The van der Waals surface area contributed by atoms with Crippen LogP contribution in [0.3, 0.4) is 0 Å². The third kappa shape index (κ3) is 5.66. The summed E-state index contributed by atoms with van der Waals surface area (Å²) in [5.74, 6) is 0. The lowest BCUT2D eigenvalue weighted by molar-refractivity contribution is 0.00578. The molecule has 0 bridgehead atoms. The number of hydrogen-bond donors (Lipinski definition) is 0. The molecule has 1 aliphatic rings. The lowest BCUT2D eigenvalue weighted by Crippen LogP contribution is -2.41. The molecule has 1 fully saturated rings. The van der Waals surface area contributed by atoms with Crippen molar-refractivity contribution in [1.29, 1.82) is 0 Å². The van der Waals surface area contributed by atoms with Gasteiger partial charge in [-0.15, -0.1) is 0 Å². The monoisotopic (exact) mass is 584 g/mol. The lowest BCUT2D eigenvalue weighted by Gasteiger charge is -2.32. The lowest BCUT2D eigenvalue weighted by atomic mass is 9.74. The molecular weight excluding hydrogens is 547 g/mol. The summed E-state index contributed by atoms with van der Waals surface area (Å²) in [6.45, 7) is 8.43. The fourth-order valence-electron chi connectivity index (χ4n) is 6.10. The first-order valence-corrected chi connectivity index (χ1v) is 15.7. The Labute approximate surface area is 267 Å². The zero-order chi connectivity index (χ0) is 31.0. The smallest absolute Gasteiger partial charge is 0.399 e. The summed E-state index contributed by atoms with van der Waals surface area (Å²) in [7, 11) is -0.477. The summed E-state index contributed by atoms with van der Waals surface area (Å²) in [5.41, 5.74) is 11.9. The molecule has 3 heteroatoms.